The molecule has 18 heavy (non-hydrogen) atoms. The topological polar surface area (TPSA) is 29.9 Å². The Labute approximate surface area is 113 Å². The first-order chi connectivity index (χ1) is 8.53. The lowest BCUT2D eigenvalue weighted by Gasteiger charge is -2.24. The van der Waals surface area contributed by atoms with Crippen molar-refractivity contribution in [2.45, 2.75) is 32.4 Å². The number of alkyl halides is 1. The Morgan fingerprint density at radius 3 is 2.78 bits per heavy atom. The predicted molar refractivity (Wildman–Crippen MR) is 77.0 cm³/mol. The van der Waals surface area contributed by atoms with Crippen molar-refractivity contribution in [3.63, 3.8) is 0 Å². The van der Waals surface area contributed by atoms with Crippen molar-refractivity contribution in [1.29, 1.82) is 0 Å². The summed E-state index contributed by atoms with van der Waals surface area (Å²) in [6.07, 6.45) is 0.944. The van der Waals surface area contributed by atoms with Gasteiger partial charge in [-0.25, -0.2) is 0 Å². The van der Waals surface area contributed by atoms with Crippen molar-refractivity contribution < 1.29 is 0 Å². The number of halogens is 1. The minimum Gasteiger partial charge on any atom is -0.306 e. The van der Waals surface area contributed by atoms with E-state index in [0.717, 1.165) is 18.7 Å². The third-order valence-corrected chi connectivity index (χ3v) is 3.48. The number of aryl methyl sites for hydroxylation is 1. The lowest BCUT2D eigenvalue weighted by atomic mass is 10.0. The molecule has 2 aromatic rings. The van der Waals surface area contributed by atoms with Crippen LogP contribution in [0.3, 0.4) is 0 Å². The lowest BCUT2D eigenvalue weighted by molar-refractivity contribution is 0.374. The fourth-order valence-corrected chi connectivity index (χ4v) is 2.54. The molecule has 3 nitrogen and oxygen atoms in total. The Morgan fingerprint density at radius 2 is 2.06 bits per heavy atom. The molecule has 0 saturated carbocycles. The summed E-state index contributed by atoms with van der Waals surface area (Å²) in [4.78, 5) is 0. The fraction of sp³-hybridized carbons (Fsp3) is 0.500. The average molecular weight is 266 g/mol. The van der Waals surface area contributed by atoms with Crippen LogP contribution in [-0.2, 0) is 13.6 Å². The van der Waals surface area contributed by atoms with E-state index in [4.69, 9.17) is 11.6 Å². The number of hydrogen-bond donors (Lipinski definition) is 1. The summed E-state index contributed by atoms with van der Waals surface area (Å²) in [5.74, 6) is 0.670. The zero-order valence-corrected chi connectivity index (χ0v) is 12.0. The van der Waals surface area contributed by atoms with E-state index in [2.05, 4.69) is 42.5 Å². The van der Waals surface area contributed by atoms with E-state index in [1.165, 1.54) is 10.9 Å². The zero-order valence-electron chi connectivity index (χ0n) is 11.2. The molecule has 0 amide bonds. The van der Waals surface area contributed by atoms with Crippen LogP contribution < -0.4 is 5.32 Å². The molecule has 0 aliphatic heterocycles. The lowest BCUT2D eigenvalue weighted by Crippen LogP contribution is -2.39. The second-order valence-electron chi connectivity index (χ2n) is 5.26. The maximum Gasteiger partial charge on any atom is 0.0841 e. The minimum absolute atomic E-state index is 0.0420. The largest absolute Gasteiger partial charge is 0.306 e. The van der Waals surface area contributed by atoms with E-state index in [0.29, 0.717) is 5.88 Å². The summed E-state index contributed by atoms with van der Waals surface area (Å²) in [5, 5.41) is 9.31. The number of rotatable bonds is 5. The highest BCUT2D eigenvalue weighted by atomic mass is 35.5. The normalized spacial score (nSPS) is 12.2. The minimum atomic E-state index is 0.0420. The van der Waals surface area contributed by atoms with Gasteiger partial charge in [0.25, 0.3) is 0 Å². The van der Waals surface area contributed by atoms with Gasteiger partial charge in [0.15, 0.2) is 0 Å². The number of nitrogens with one attached hydrogen (secondary N) is 1. The molecule has 98 valence electrons. The zero-order chi connectivity index (χ0) is 13.2. The van der Waals surface area contributed by atoms with E-state index >= 15 is 0 Å². The average Bonchev–Trinajstić information content (AvgIpc) is 2.65. The molecule has 0 atom stereocenters. The van der Waals surface area contributed by atoms with Gasteiger partial charge in [-0.15, -0.1) is 11.6 Å². The molecule has 0 saturated heterocycles. The molecule has 0 fully saturated rings. The number of benzene rings is 1. The van der Waals surface area contributed by atoms with E-state index in [1.807, 2.05) is 17.8 Å². The van der Waals surface area contributed by atoms with Gasteiger partial charge >= 0.3 is 0 Å². The maximum atomic E-state index is 5.81. The van der Waals surface area contributed by atoms with Crippen LogP contribution in [-0.4, -0.2) is 21.2 Å². The third-order valence-electron chi connectivity index (χ3n) is 3.29. The number of hydrogen-bond acceptors (Lipinski definition) is 2. The van der Waals surface area contributed by atoms with Gasteiger partial charge < -0.3 is 5.32 Å². The highest BCUT2D eigenvalue weighted by Gasteiger charge is 2.17. The highest BCUT2D eigenvalue weighted by molar-refractivity contribution is 6.17. The van der Waals surface area contributed by atoms with E-state index in [1.54, 1.807) is 0 Å². The molecule has 0 radical (unpaired) electrons. The molecule has 1 N–H and O–H groups in total. The van der Waals surface area contributed by atoms with Crippen molar-refractivity contribution in [3.8, 4) is 0 Å². The Hall–Kier alpha value is -1.06. The van der Waals surface area contributed by atoms with Gasteiger partial charge in [0.2, 0.25) is 0 Å². The van der Waals surface area contributed by atoms with Crippen LogP contribution in [0.2, 0.25) is 0 Å². The van der Waals surface area contributed by atoms with E-state index in [-0.39, 0.29) is 5.54 Å². The van der Waals surface area contributed by atoms with Crippen molar-refractivity contribution >= 4 is 22.5 Å². The molecule has 2 rings (SSSR count). The molecule has 0 aliphatic carbocycles. The quantitative estimate of drug-likeness (QED) is 0.842. The predicted octanol–water partition coefficient (Wildman–Crippen LogP) is 3.07. The molecule has 1 heterocycles. The number of fused-ring (bicyclic) bond motifs is 1. The van der Waals surface area contributed by atoms with Crippen molar-refractivity contribution in [1.82, 2.24) is 15.1 Å². The summed E-state index contributed by atoms with van der Waals surface area (Å²) < 4.78 is 1.93. The molecule has 0 spiro atoms. The Kier molecular flexibility index (Phi) is 3.93. The molecular weight excluding hydrogens is 246 g/mol. The van der Waals surface area contributed by atoms with E-state index < -0.39 is 0 Å². The van der Waals surface area contributed by atoms with Crippen molar-refractivity contribution in [2.24, 2.45) is 7.05 Å². The van der Waals surface area contributed by atoms with Gasteiger partial charge in [0.1, 0.15) is 0 Å². The summed E-state index contributed by atoms with van der Waals surface area (Å²) in [5.41, 5.74) is 2.31. The first-order valence-electron chi connectivity index (χ1n) is 6.25. The Bertz CT molecular complexity index is 531. The first kappa shape index (κ1) is 13.4. The fourth-order valence-electron chi connectivity index (χ4n) is 2.07. The van der Waals surface area contributed by atoms with Gasteiger partial charge in [0, 0.05) is 30.4 Å². The van der Waals surface area contributed by atoms with Crippen LogP contribution in [0.15, 0.2) is 24.3 Å². The van der Waals surface area contributed by atoms with Gasteiger partial charge in [-0.3, -0.25) is 4.68 Å². The van der Waals surface area contributed by atoms with Gasteiger partial charge in [-0.05, 0) is 26.3 Å². The monoisotopic (exact) mass is 265 g/mol. The van der Waals surface area contributed by atoms with Gasteiger partial charge in [-0.1, -0.05) is 18.2 Å². The van der Waals surface area contributed by atoms with Gasteiger partial charge in [-0.2, -0.15) is 5.10 Å². The van der Waals surface area contributed by atoms with Gasteiger partial charge in [0.05, 0.1) is 11.2 Å². The molecule has 4 heteroatoms. The molecule has 0 unspecified atom stereocenters. The third kappa shape index (κ3) is 2.85. The van der Waals surface area contributed by atoms with Crippen LogP contribution in [0, 0.1) is 0 Å². The molecular formula is C14H20ClN3. The highest BCUT2D eigenvalue weighted by Crippen LogP contribution is 2.18. The van der Waals surface area contributed by atoms with Crippen LogP contribution in [0.4, 0.5) is 0 Å². The Balaban J connectivity index is 2.17. The number of para-hydroxylation sites is 1. The molecule has 0 bridgehead atoms. The second kappa shape index (κ2) is 5.29. The van der Waals surface area contributed by atoms with E-state index in [9.17, 15) is 0 Å². The van der Waals surface area contributed by atoms with Crippen LogP contribution in [0.5, 0.6) is 0 Å². The van der Waals surface area contributed by atoms with Crippen molar-refractivity contribution in [2.75, 3.05) is 5.88 Å². The number of nitrogens with zero attached hydrogens (tertiary/aromatic N) is 2. The summed E-state index contributed by atoms with van der Waals surface area (Å²) in [7, 11) is 1.98. The second-order valence-corrected chi connectivity index (χ2v) is 5.64. The molecule has 0 aliphatic rings. The van der Waals surface area contributed by atoms with Crippen LogP contribution in [0.1, 0.15) is 26.0 Å². The number of aromatic nitrogens is 2. The summed E-state index contributed by atoms with van der Waals surface area (Å²) in [6, 6.07) is 8.31. The van der Waals surface area contributed by atoms with Crippen LogP contribution >= 0.6 is 11.6 Å². The van der Waals surface area contributed by atoms with Crippen LogP contribution in [0.25, 0.3) is 10.9 Å². The summed E-state index contributed by atoms with van der Waals surface area (Å²) in [6.45, 7) is 5.10. The van der Waals surface area contributed by atoms with Crippen molar-refractivity contribution in [3.05, 3.63) is 30.0 Å². The molecule has 1 aromatic heterocycles. The summed E-state index contributed by atoms with van der Waals surface area (Å²) >= 11 is 5.81. The standard InChI is InChI=1S/C14H20ClN3/c1-14(2,8-9-15)16-10-12-11-6-4-5-7-13(11)18(3)17-12/h4-7,16H,8-10H2,1-3H3. The Morgan fingerprint density at radius 1 is 1.33 bits per heavy atom. The smallest absolute Gasteiger partial charge is 0.0841 e. The molecule has 1 aromatic carbocycles. The first-order valence-corrected chi connectivity index (χ1v) is 6.78. The maximum absolute atomic E-state index is 5.81. The SMILES string of the molecule is Cn1nc(CNC(C)(C)CCCl)c2ccccc21.